The van der Waals surface area contributed by atoms with Crippen LogP contribution in [0.3, 0.4) is 0 Å². The molecule has 0 unspecified atom stereocenters. The van der Waals surface area contributed by atoms with Crippen molar-refractivity contribution in [2.75, 3.05) is 31.6 Å². The van der Waals surface area contributed by atoms with Crippen LogP contribution in [0.4, 0.5) is 19.0 Å². The zero-order valence-electron chi connectivity index (χ0n) is 17.2. The van der Waals surface area contributed by atoms with Gasteiger partial charge in [0, 0.05) is 43.9 Å². The van der Waals surface area contributed by atoms with Crippen molar-refractivity contribution in [2.24, 2.45) is 11.8 Å². The Morgan fingerprint density at radius 2 is 1.97 bits per heavy atom. The predicted octanol–water partition coefficient (Wildman–Crippen LogP) is 2.62. The van der Waals surface area contributed by atoms with Crippen LogP contribution in [0.15, 0.2) is 42.7 Å². The van der Waals surface area contributed by atoms with Gasteiger partial charge in [-0.1, -0.05) is 12.1 Å². The lowest BCUT2D eigenvalue weighted by Crippen LogP contribution is -2.32. The summed E-state index contributed by atoms with van der Waals surface area (Å²) in [5.74, 6) is -1.14. The van der Waals surface area contributed by atoms with Crippen LogP contribution in [0.5, 0.6) is 0 Å². The molecule has 0 spiro atoms. The van der Waals surface area contributed by atoms with Gasteiger partial charge < -0.3 is 20.1 Å². The maximum absolute atomic E-state index is 12.7. The van der Waals surface area contributed by atoms with Gasteiger partial charge in [-0.25, -0.2) is 9.78 Å². The van der Waals surface area contributed by atoms with Gasteiger partial charge in [-0.05, 0) is 30.7 Å². The molecule has 32 heavy (non-hydrogen) atoms. The number of aryl methyl sites for hydroxylation is 1. The van der Waals surface area contributed by atoms with E-state index in [0.717, 1.165) is 31.1 Å². The Hall–Kier alpha value is -3.21. The molecule has 0 saturated carbocycles. The van der Waals surface area contributed by atoms with E-state index in [2.05, 4.69) is 15.3 Å². The highest BCUT2D eigenvalue weighted by atomic mass is 19.4. The van der Waals surface area contributed by atoms with Crippen LogP contribution < -0.4 is 5.32 Å². The maximum atomic E-state index is 12.7. The number of fused-ring (bicyclic) bond motifs is 1. The number of rotatable bonds is 4. The lowest BCUT2D eigenvalue weighted by molar-refractivity contribution is -0.192. The number of anilines is 1. The Bertz CT molecular complexity index is 925. The second-order valence-corrected chi connectivity index (χ2v) is 7.63. The highest BCUT2D eigenvalue weighted by Crippen LogP contribution is 2.34. The van der Waals surface area contributed by atoms with Crippen LogP contribution in [0.1, 0.15) is 16.1 Å². The molecule has 2 saturated heterocycles. The molecule has 4 heterocycles. The van der Waals surface area contributed by atoms with Crippen LogP contribution in [-0.2, 0) is 9.53 Å². The molecule has 1 amide bonds. The number of carboxylic acid groups (broad SMARTS) is 1. The molecule has 0 bridgehead atoms. The highest BCUT2D eigenvalue weighted by Gasteiger charge is 2.45. The van der Waals surface area contributed by atoms with Gasteiger partial charge in [-0.2, -0.15) is 13.2 Å². The number of aromatic nitrogens is 2. The fraction of sp³-hybridized carbons (Fsp3) is 0.429. The van der Waals surface area contributed by atoms with E-state index in [9.17, 15) is 18.0 Å². The molecule has 0 radical (unpaired) electrons. The van der Waals surface area contributed by atoms with E-state index < -0.39 is 12.1 Å². The number of nitrogens with zero attached hydrogens (tertiary/aromatic N) is 3. The number of carboxylic acids is 1. The fourth-order valence-electron chi connectivity index (χ4n) is 3.63. The molecule has 172 valence electrons. The summed E-state index contributed by atoms with van der Waals surface area (Å²) < 4.78 is 37.7. The quantitative estimate of drug-likeness (QED) is 0.735. The zero-order chi connectivity index (χ0) is 23.3. The Balaban J connectivity index is 0.000000360. The van der Waals surface area contributed by atoms with Gasteiger partial charge in [-0.15, -0.1) is 0 Å². The van der Waals surface area contributed by atoms with Crippen molar-refractivity contribution in [3.63, 3.8) is 0 Å². The second-order valence-electron chi connectivity index (χ2n) is 7.63. The third-order valence-corrected chi connectivity index (χ3v) is 5.31. The molecule has 2 N–H and O–H groups in total. The predicted molar refractivity (Wildman–Crippen MR) is 108 cm³/mol. The van der Waals surface area contributed by atoms with Crippen molar-refractivity contribution >= 4 is 17.7 Å². The van der Waals surface area contributed by atoms with Crippen LogP contribution in [0.2, 0.25) is 0 Å². The lowest BCUT2D eigenvalue weighted by Gasteiger charge is -2.20. The van der Waals surface area contributed by atoms with Crippen LogP contribution >= 0.6 is 0 Å². The number of ether oxygens (including phenoxy) is 1. The SMILES string of the molecule is Cc1ccc(C(=O)N2C[C@@H]3[C@@H](CNc4ccccn4)CO[C@@H]3C2)nc1.O=C(O)C(F)(F)F. The van der Waals surface area contributed by atoms with E-state index in [1.165, 1.54) is 0 Å². The van der Waals surface area contributed by atoms with E-state index in [1.54, 1.807) is 18.5 Å². The number of aliphatic carboxylic acids is 1. The largest absolute Gasteiger partial charge is 0.490 e. The van der Waals surface area contributed by atoms with Gasteiger partial charge in [0.1, 0.15) is 11.5 Å². The summed E-state index contributed by atoms with van der Waals surface area (Å²) in [5, 5.41) is 10.5. The summed E-state index contributed by atoms with van der Waals surface area (Å²) in [6, 6.07) is 9.55. The third-order valence-electron chi connectivity index (χ3n) is 5.31. The Morgan fingerprint density at radius 3 is 2.56 bits per heavy atom. The van der Waals surface area contributed by atoms with Gasteiger partial charge in [0.15, 0.2) is 0 Å². The number of hydrogen-bond donors (Lipinski definition) is 2. The van der Waals surface area contributed by atoms with Crippen molar-refractivity contribution in [3.05, 3.63) is 54.0 Å². The molecule has 2 aromatic rings. The molecule has 2 aliphatic heterocycles. The molecular formula is C21H23F3N4O4. The Labute approximate surface area is 182 Å². The standard InChI is InChI=1S/C19H22N4O2.C2HF3O2/c1-13-5-6-16(21-8-13)19(24)23-10-15-14(12-25-17(15)11-23)9-22-18-4-2-3-7-20-18;3-2(4,5)1(6)7/h2-8,14-15,17H,9-12H2,1H3,(H,20,22);(H,6,7)/t14-,15+,17+;/m0./s1. The third kappa shape index (κ3) is 5.94. The van der Waals surface area contributed by atoms with E-state index in [0.29, 0.717) is 24.1 Å². The number of amides is 1. The lowest BCUT2D eigenvalue weighted by atomic mass is 9.93. The minimum Gasteiger partial charge on any atom is -0.475 e. The van der Waals surface area contributed by atoms with Crippen molar-refractivity contribution in [2.45, 2.75) is 19.2 Å². The number of alkyl halides is 3. The van der Waals surface area contributed by atoms with Crippen LogP contribution in [-0.4, -0.2) is 70.4 Å². The van der Waals surface area contributed by atoms with Gasteiger partial charge in [-0.3, -0.25) is 9.78 Å². The number of nitrogens with one attached hydrogen (secondary N) is 1. The summed E-state index contributed by atoms with van der Waals surface area (Å²) in [6.07, 6.45) is -1.44. The van der Waals surface area contributed by atoms with Crippen molar-refractivity contribution in [1.29, 1.82) is 0 Å². The summed E-state index contributed by atoms with van der Waals surface area (Å²) >= 11 is 0. The number of likely N-dealkylation sites (tertiary alicyclic amines) is 1. The Morgan fingerprint density at radius 1 is 1.22 bits per heavy atom. The average molecular weight is 452 g/mol. The van der Waals surface area contributed by atoms with Crippen molar-refractivity contribution in [3.8, 4) is 0 Å². The number of halogens is 3. The molecular weight excluding hydrogens is 429 g/mol. The minimum absolute atomic E-state index is 0.00515. The number of pyridine rings is 2. The van der Waals surface area contributed by atoms with Gasteiger partial charge in [0.05, 0.1) is 12.7 Å². The van der Waals surface area contributed by atoms with Crippen molar-refractivity contribution in [1.82, 2.24) is 14.9 Å². The topological polar surface area (TPSA) is 105 Å². The normalized spacial score (nSPS) is 22.0. The molecule has 4 rings (SSSR count). The summed E-state index contributed by atoms with van der Waals surface area (Å²) in [6.45, 7) is 4.89. The fourth-order valence-corrected chi connectivity index (χ4v) is 3.63. The van der Waals surface area contributed by atoms with E-state index in [1.807, 2.05) is 36.1 Å². The maximum Gasteiger partial charge on any atom is 0.490 e. The second kappa shape index (κ2) is 9.94. The summed E-state index contributed by atoms with van der Waals surface area (Å²) in [5.41, 5.74) is 1.56. The molecule has 3 atom stereocenters. The molecule has 11 heteroatoms. The van der Waals surface area contributed by atoms with E-state index in [-0.39, 0.29) is 12.0 Å². The minimum atomic E-state index is -5.08. The first-order valence-electron chi connectivity index (χ1n) is 9.93. The monoisotopic (exact) mass is 452 g/mol. The van der Waals surface area contributed by atoms with Crippen LogP contribution in [0, 0.1) is 18.8 Å². The molecule has 2 fully saturated rings. The first-order chi connectivity index (χ1) is 15.1. The summed E-state index contributed by atoms with van der Waals surface area (Å²) in [7, 11) is 0. The molecule has 2 aromatic heterocycles. The van der Waals surface area contributed by atoms with Crippen LogP contribution in [0.25, 0.3) is 0 Å². The molecule has 0 aromatic carbocycles. The van der Waals surface area contributed by atoms with Gasteiger partial charge in [0.2, 0.25) is 0 Å². The average Bonchev–Trinajstić information content (AvgIpc) is 3.34. The highest BCUT2D eigenvalue weighted by molar-refractivity contribution is 5.92. The Kier molecular flexibility index (Phi) is 7.29. The molecule has 0 aliphatic carbocycles. The van der Waals surface area contributed by atoms with E-state index in [4.69, 9.17) is 14.6 Å². The van der Waals surface area contributed by atoms with E-state index >= 15 is 0 Å². The smallest absolute Gasteiger partial charge is 0.475 e. The number of carbonyl (C=O) groups is 2. The number of carbonyl (C=O) groups excluding carboxylic acids is 1. The zero-order valence-corrected chi connectivity index (χ0v) is 17.2. The summed E-state index contributed by atoms with van der Waals surface area (Å²) in [4.78, 5) is 32.0. The first kappa shape index (κ1) is 23.5. The van der Waals surface area contributed by atoms with Gasteiger partial charge >= 0.3 is 12.1 Å². The van der Waals surface area contributed by atoms with Gasteiger partial charge in [0.25, 0.3) is 5.91 Å². The first-order valence-corrected chi connectivity index (χ1v) is 9.93. The van der Waals surface area contributed by atoms with Crippen molar-refractivity contribution < 1.29 is 32.6 Å². The molecule has 8 nitrogen and oxygen atoms in total. The molecule has 2 aliphatic rings. The number of hydrogen-bond acceptors (Lipinski definition) is 6.